The molecule has 4 heterocycles. The summed E-state index contributed by atoms with van der Waals surface area (Å²) in [5.41, 5.74) is 1.08. The first-order valence-corrected chi connectivity index (χ1v) is 11.4. The molecular weight excluding hydrogens is 426 g/mol. The van der Waals surface area contributed by atoms with Crippen LogP contribution in [0, 0.1) is 18.3 Å². The van der Waals surface area contributed by atoms with Crippen LogP contribution in [0.5, 0.6) is 0 Å². The van der Waals surface area contributed by atoms with Gasteiger partial charge in [-0.15, -0.1) is 22.7 Å². The highest BCUT2D eigenvalue weighted by Gasteiger charge is 2.34. The van der Waals surface area contributed by atoms with E-state index < -0.39 is 5.69 Å². The van der Waals surface area contributed by atoms with E-state index in [9.17, 15) is 14.9 Å². The molecule has 4 rings (SSSR count). The van der Waals surface area contributed by atoms with Crippen LogP contribution < -0.4 is 5.69 Å². The van der Waals surface area contributed by atoms with Crippen LogP contribution in [0.2, 0.25) is 0 Å². The largest absolute Gasteiger partial charge is 0.346 e. The molecule has 0 aromatic carbocycles. The summed E-state index contributed by atoms with van der Waals surface area (Å²) in [5, 5.41) is 19.7. The summed E-state index contributed by atoms with van der Waals surface area (Å²) < 4.78 is 0. The number of thiophene rings is 2. The van der Waals surface area contributed by atoms with Gasteiger partial charge in [0.2, 0.25) is 0 Å². The highest BCUT2D eigenvalue weighted by molar-refractivity contribution is 8.00. The van der Waals surface area contributed by atoms with Gasteiger partial charge in [0.05, 0.1) is 22.4 Å². The summed E-state index contributed by atoms with van der Waals surface area (Å²) in [6, 6.07) is 9.82. The van der Waals surface area contributed by atoms with Crippen molar-refractivity contribution in [1.29, 1.82) is 5.26 Å². The molecule has 7 nitrogen and oxygen atoms in total. The number of nitrogens with one attached hydrogen (secondary N) is 1. The number of carbonyl (C=O) groups excluding carboxylic acids is 1. The normalized spacial score (nSPS) is 15.9. The van der Waals surface area contributed by atoms with Gasteiger partial charge in [0.1, 0.15) is 16.7 Å². The fourth-order valence-corrected chi connectivity index (χ4v) is 5.44. The minimum absolute atomic E-state index is 0.0354. The molecule has 146 valence electrons. The van der Waals surface area contributed by atoms with Gasteiger partial charge in [-0.3, -0.25) is 4.79 Å². The van der Waals surface area contributed by atoms with Gasteiger partial charge >= 0.3 is 5.69 Å². The van der Waals surface area contributed by atoms with Gasteiger partial charge in [0.25, 0.3) is 5.91 Å². The van der Waals surface area contributed by atoms with Gasteiger partial charge in [0, 0.05) is 17.0 Å². The lowest BCUT2D eigenvalue weighted by atomic mass is 10.1. The quantitative estimate of drug-likeness (QED) is 0.482. The number of thioether (sulfide) groups is 1. The Bertz CT molecular complexity index is 1160. The van der Waals surface area contributed by atoms with Crippen molar-refractivity contribution >= 4 is 46.1 Å². The number of nitrogens with zero attached hydrogens (tertiary/aromatic N) is 4. The van der Waals surface area contributed by atoms with Crippen LogP contribution in [0.1, 0.15) is 33.5 Å². The number of hydrazone groups is 1. The lowest BCUT2D eigenvalue weighted by molar-refractivity contribution is -0.130. The van der Waals surface area contributed by atoms with Gasteiger partial charge in [-0.25, -0.2) is 9.80 Å². The molecule has 0 spiro atoms. The lowest BCUT2D eigenvalue weighted by Crippen LogP contribution is -2.28. The maximum Gasteiger partial charge on any atom is 0.346 e. The summed E-state index contributed by atoms with van der Waals surface area (Å²) >= 11 is 4.28. The van der Waals surface area contributed by atoms with Crippen LogP contribution in [-0.2, 0) is 4.79 Å². The number of nitriles is 1. The van der Waals surface area contributed by atoms with Crippen LogP contribution in [0.3, 0.4) is 0 Å². The number of carbonyl (C=O) groups is 1. The van der Waals surface area contributed by atoms with Gasteiger partial charge in [0.15, 0.2) is 0 Å². The first-order valence-electron chi connectivity index (χ1n) is 8.67. The first-order chi connectivity index (χ1) is 14.1. The second-order valence-electron chi connectivity index (χ2n) is 6.25. The van der Waals surface area contributed by atoms with E-state index in [1.807, 2.05) is 41.1 Å². The Morgan fingerprint density at radius 3 is 2.86 bits per heavy atom. The Balaban J connectivity index is 1.58. The maximum atomic E-state index is 13.0. The molecule has 29 heavy (non-hydrogen) atoms. The third-order valence-corrected chi connectivity index (χ3v) is 7.23. The molecule has 0 bridgehead atoms. The van der Waals surface area contributed by atoms with Crippen molar-refractivity contribution in [2.75, 3.05) is 5.75 Å². The molecule has 1 amide bonds. The fraction of sp³-hybridized carbons (Fsp3) is 0.211. The Labute approximate surface area is 178 Å². The molecule has 1 N–H and O–H groups in total. The van der Waals surface area contributed by atoms with Crippen molar-refractivity contribution in [3.63, 3.8) is 0 Å². The molecule has 0 radical (unpaired) electrons. The van der Waals surface area contributed by atoms with E-state index in [1.165, 1.54) is 5.01 Å². The van der Waals surface area contributed by atoms with E-state index in [-0.39, 0.29) is 28.3 Å². The monoisotopic (exact) mass is 441 g/mol. The molecule has 3 aromatic rings. The summed E-state index contributed by atoms with van der Waals surface area (Å²) in [6.45, 7) is 1.64. The standard InChI is InChI=1S/C19H15N5O2S3/c1-11-12(9-20)18(22-19(26)21-11)29-10-17(25)24-14(16-5-3-7-28-16)8-13(23-24)15-4-2-6-27-15/h2-7,14H,8,10H2,1H3,(H,21,22,26)/t14-/m1/s1. The number of H-pyrrole nitrogens is 1. The fourth-order valence-electron chi connectivity index (χ4n) is 3.03. The number of rotatable bonds is 5. The van der Waals surface area contributed by atoms with E-state index in [2.05, 4.69) is 15.1 Å². The highest BCUT2D eigenvalue weighted by atomic mass is 32.2. The average molecular weight is 442 g/mol. The van der Waals surface area contributed by atoms with E-state index >= 15 is 0 Å². The molecule has 3 aromatic heterocycles. The Morgan fingerprint density at radius 2 is 2.17 bits per heavy atom. The minimum Gasteiger partial charge on any atom is -0.309 e. The molecule has 0 saturated carbocycles. The van der Waals surface area contributed by atoms with Crippen LogP contribution in [0.4, 0.5) is 0 Å². The van der Waals surface area contributed by atoms with Crippen LogP contribution in [0.15, 0.2) is 49.9 Å². The van der Waals surface area contributed by atoms with Crippen molar-refractivity contribution in [2.45, 2.75) is 24.4 Å². The third kappa shape index (κ3) is 4.03. The van der Waals surface area contributed by atoms with Crippen molar-refractivity contribution in [1.82, 2.24) is 15.0 Å². The average Bonchev–Trinajstić information content (AvgIpc) is 3.46. The third-order valence-electron chi connectivity index (χ3n) is 4.37. The predicted octanol–water partition coefficient (Wildman–Crippen LogP) is 3.54. The molecule has 0 aliphatic carbocycles. The van der Waals surface area contributed by atoms with E-state index in [4.69, 9.17) is 0 Å². The number of hydrogen-bond donors (Lipinski definition) is 1. The first kappa shape index (κ1) is 19.6. The number of aromatic nitrogens is 2. The predicted molar refractivity (Wildman–Crippen MR) is 114 cm³/mol. The molecule has 1 atom stereocenters. The van der Waals surface area contributed by atoms with E-state index in [0.29, 0.717) is 12.1 Å². The smallest absolute Gasteiger partial charge is 0.309 e. The number of amides is 1. The second-order valence-corrected chi connectivity index (χ2v) is 9.14. The van der Waals surface area contributed by atoms with Crippen LogP contribution in [-0.4, -0.2) is 32.3 Å². The number of aryl methyl sites for hydroxylation is 1. The van der Waals surface area contributed by atoms with Gasteiger partial charge in [-0.2, -0.15) is 15.3 Å². The molecule has 0 unspecified atom stereocenters. The zero-order valence-corrected chi connectivity index (χ0v) is 17.7. The minimum atomic E-state index is -0.535. The zero-order valence-electron chi connectivity index (χ0n) is 15.3. The van der Waals surface area contributed by atoms with Gasteiger partial charge in [-0.1, -0.05) is 23.9 Å². The van der Waals surface area contributed by atoms with Gasteiger partial charge in [-0.05, 0) is 29.8 Å². The Hall–Kier alpha value is -2.74. The van der Waals surface area contributed by atoms with E-state index in [1.54, 1.807) is 29.6 Å². The van der Waals surface area contributed by atoms with Crippen LogP contribution >= 0.6 is 34.4 Å². The van der Waals surface area contributed by atoms with Gasteiger partial charge < -0.3 is 4.98 Å². The van der Waals surface area contributed by atoms with Crippen molar-refractivity contribution in [3.8, 4) is 6.07 Å². The number of hydrogen-bond acceptors (Lipinski definition) is 8. The van der Waals surface area contributed by atoms with Crippen molar-refractivity contribution < 1.29 is 4.79 Å². The Morgan fingerprint density at radius 1 is 1.38 bits per heavy atom. The van der Waals surface area contributed by atoms with Crippen LogP contribution in [0.25, 0.3) is 0 Å². The molecular formula is C19H15N5O2S3. The lowest BCUT2D eigenvalue weighted by Gasteiger charge is -2.20. The zero-order chi connectivity index (χ0) is 20.4. The number of aromatic amines is 1. The SMILES string of the molecule is Cc1[nH]c(=O)nc(SCC(=O)N2N=C(c3cccs3)C[C@@H]2c2cccs2)c1C#N. The summed E-state index contributed by atoms with van der Waals surface area (Å²) in [4.78, 5) is 33.2. The van der Waals surface area contributed by atoms with Crippen molar-refractivity contribution in [2.24, 2.45) is 5.10 Å². The molecule has 1 aliphatic rings. The van der Waals surface area contributed by atoms with Crippen molar-refractivity contribution in [3.05, 3.63) is 66.5 Å². The second kappa shape index (κ2) is 8.32. The molecule has 0 saturated heterocycles. The summed E-state index contributed by atoms with van der Waals surface area (Å²) in [7, 11) is 0. The molecule has 10 heteroatoms. The summed E-state index contributed by atoms with van der Waals surface area (Å²) in [6.07, 6.45) is 0.656. The topological polar surface area (TPSA) is 102 Å². The molecule has 0 fully saturated rings. The molecule has 1 aliphatic heterocycles. The highest BCUT2D eigenvalue weighted by Crippen LogP contribution is 2.36. The summed E-state index contributed by atoms with van der Waals surface area (Å²) in [5.74, 6) is -0.156. The Kier molecular flexibility index (Phi) is 5.62. The maximum absolute atomic E-state index is 13.0. The van der Waals surface area contributed by atoms with E-state index in [0.717, 1.165) is 27.2 Å².